The molecule has 1 rings (SSSR count). The van der Waals surface area contributed by atoms with Gasteiger partial charge in [-0.25, -0.2) is 0 Å². The molecule has 19 heavy (non-hydrogen) atoms. The molecule has 0 aliphatic heterocycles. The second kappa shape index (κ2) is 9.74. The lowest BCUT2D eigenvalue weighted by molar-refractivity contribution is 0.545. The van der Waals surface area contributed by atoms with Crippen molar-refractivity contribution in [2.24, 2.45) is 0 Å². The third-order valence-electron chi connectivity index (χ3n) is 2.70. The highest BCUT2D eigenvalue weighted by Crippen LogP contribution is 2.14. The fourth-order valence-corrected chi connectivity index (χ4v) is 2.06. The quantitative estimate of drug-likeness (QED) is 0.204. The van der Waals surface area contributed by atoms with Crippen LogP contribution in [-0.2, 0) is 0 Å². The summed E-state index contributed by atoms with van der Waals surface area (Å²) < 4.78 is 0. The van der Waals surface area contributed by atoms with Crippen LogP contribution >= 0.6 is 12.6 Å². The van der Waals surface area contributed by atoms with E-state index in [1.54, 1.807) is 0 Å². The molecule has 4 heteroatoms. The first-order valence-electron chi connectivity index (χ1n) is 6.70. The summed E-state index contributed by atoms with van der Waals surface area (Å²) in [5.74, 6) is 6.33. The van der Waals surface area contributed by atoms with Crippen molar-refractivity contribution >= 4 is 18.3 Å². The average molecular weight is 277 g/mol. The van der Waals surface area contributed by atoms with Gasteiger partial charge in [-0.1, -0.05) is 24.7 Å². The highest BCUT2D eigenvalue weighted by molar-refractivity contribution is 7.80. The van der Waals surface area contributed by atoms with Gasteiger partial charge in [0.15, 0.2) is 0 Å². The number of anilines is 1. The number of unbranched alkanes of at least 4 members (excludes halogenated alkanes) is 4. The molecule has 1 aromatic rings. The minimum Gasteiger partial charge on any atom is -0.399 e. The topological polar surface area (TPSA) is 50.1 Å². The second-order valence-electron chi connectivity index (χ2n) is 4.46. The van der Waals surface area contributed by atoms with Crippen LogP contribution < -0.4 is 16.6 Å². The third kappa shape index (κ3) is 7.78. The third-order valence-corrected chi connectivity index (χ3v) is 2.96. The Morgan fingerprint density at radius 2 is 1.95 bits per heavy atom. The van der Waals surface area contributed by atoms with Crippen LogP contribution in [-0.4, -0.2) is 13.6 Å². The molecule has 0 amide bonds. The van der Waals surface area contributed by atoms with Crippen LogP contribution in [0.25, 0.3) is 0 Å². The van der Waals surface area contributed by atoms with E-state index in [0.717, 1.165) is 29.8 Å². The largest absolute Gasteiger partial charge is 0.399 e. The normalized spacial score (nSPS) is 10.0. The van der Waals surface area contributed by atoms with Crippen molar-refractivity contribution in [2.45, 2.75) is 37.0 Å². The first-order chi connectivity index (χ1) is 9.22. The summed E-state index contributed by atoms with van der Waals surface area (Å²) in [4.78, 5) is 0.862. The number of rotatable bonds is 7. The van der Waals surface area contributed by atoms with Gasteiger partial charge in [0.05, 0.1) is 0 Å². The molecule has 0 saturated heterocycles. The minimum absolute atomic E-state index is 0.717. The van der Waals surface area contributed by atoms with Gasteiger partial charge in [-0.05, 0) is 38.1 Å². The molecule has 4 N–H and O–H groups in total. The highest BCUT2D eigenvalue weighted by Gasteiger charge is 1.93. The number of hydrogen-bond donors (Lipinski definition) is 4. The van der Waals surface area contributed by atoms with Crippen LogP contribution in [0.2, 0.25) is 0 Å². The zero-order valence-electron chi connectivity index (χ0n) is 11.5. The molecule has 0 unspecified atom stereocenters. The van der Waals surface area contributed by atoms with E-state index in [4.69, 9.17) is 5.73 Å². The fourth-order valence-electron chi connectivity index (χ4n) is 1.78. The lowest BCUT2D eigenvalue weighted by Crippen LogP contribution is -2.28. The van der Waals surface area contributed by atoms with Crippen LogP contribution in [0.1, 0.15) is 37.7 Å². The number of thiol groups is 1. The Labute approximate surface area is 121 Å². The van der Waals surface area contributed by atoms with Crippen LogP contribution in [0.3, 0.4) is 0 Å². The van der Waals surface area contributed by atoms with Gasteiger partial charge in [0, 0.05) is 29.1 Å². The minimum atomic E-state index is 0.717. The predicted octanol–water partition coefficient (Wildman–Crippen LogP) is 2.58. The molecule has 0 bridgehead atoms. The molecule has 0 aromatic heterocycles. The molecule has 1 aromatic carbocycles. The number of hydrazine groups is 1. The van der Waals surface area contributed by atoms with Crippen molar-refractivity contribution < 1.29 is 0 Å². The number of nitrogen functional groups attached to an aromatic ring is 1. The fraction of sp³-hybridized carbons (Fsp3) is 0.467. The second-order valence-corrected chi connectivity index (χ2v) is 4.97. The van der Waals surface area contributed by atoms with Crippen molar-refractivity contribution in [1.82, 2.24) is 10.9 Å². The zero-order chi connectivity index (χ0) is 13.9. The first kappa shape index (κ1) is 15.9. The van der Waals surface area contributed by atoms with Crippen LogP contribution in [0.15, 0.2) is 23.1 Å². The predicted molar refractivity (Wildman–Crippen MR) is 85.1 cm³/mol. The van der Waals surface area contributed by atoms with Gasteiger partial charge in [0.2, 0.25) is 0 Å². The van der Waals surface area contributed by atoms with E-state index in [2.05, 4.69) is 35.3 Å². The molecule has 0 aliphatic carbocycles. The molecule has 3 nitrogen and oxygen atoms in total. The van der Waals surface area contributed by atoms with E-state index in [-0.39, 0.29) is 0 Å². The highest BCUT2D eigenvalue weighted by atomic mass is 32.1. The van der Waals surface area contributed by atoms with E-state index in [0.29, 0.717) is 5.69 Å². The standard InChI is InChI=1S/C15H23N3S/c1-17-18-9-7-5-3-2-4-6-8-13-10-14(16)12-15(19)11-13/h10-12,17-19H,2-5,7,9,16H2,1H3. The Morgan fingerprint density at radius 3 is 2.68 bits per heavy atom. The molecule has 104 valence electrons. The average Bonchev–Trinajstić information content (AvgIpc) is 2.36. The van der Waals surface area contributed by atoms with E-state index >= 15 is 0 Å². The maximum Gasteiger partial charge on any atom is 0.0337 e. The van der Waals surface area contributed by atoms with E-state index < -0.39 is 0 Å². The van der Waals surface area contributed by atoms with E-state index in [1.165, 1.54) is 19.3 Å². The Hall–Kier alpha value is -1.15. The summed E-state index contributed by atoms with van der Waals surface area (Å²) >= 11 is 4.28. The van der Waals surface area contributed by atoms with Crippen LogP contribution in [0, 0.1) is 11.8 Å². The molecule has 0 heterocycles. The lowest BCUT2D eigenvalue weighted by Gasteiger charge is -2.01. The molecule has 0 atom stereocenters. The monoisotopic (exact) mass is 277 g/mol. The molecular formula is C15H23N3S. The molecular weight excluding hydrogens is 254 g/mol. The summed E-state index contributed by atoms with van der Waals surface area (Å²) in [6, 6.07) is 5.65. The molecule has 0 spiro atoms. The van der Waals surface area contributed by atoms with Gasteiger partial charge in [0.1, 0.15) is 0 Å². The Morgan fingerprint density at radius 1 is 1.16 bits per heavy atom. The molecule has 0 saturated carbocycles. The Kier molecular flexibility index (Phi) is 8.15. The van der Waals surface area contributed by atoms with Crippen molar-refractivity contribution in [3.8, 4) is 11.8 Å². The van der Waals surface area contributed by atoms with Crippen molar-refractivity contribution in [2.75, 3.05) is 19.3 Å². The summed E-state index contributed by atoms with van der Waals surface area (Å²) in [5, 5.41) is 0. The zero-order valence-corrected chi connectivity index (χ0v) is 12.4. The molecule has 0 fully saturated rings. The van der Waals surface area contributed by atoms with E-state index in [9.17, 15) is 0 Å². The first-order valence-corrected chi connectivity index (χ1v) is 7.15. The maximum atomic E-state index is 5.74. The van der Waals surface area contributed by atoms with Gasteiger partial charge in [-0.3, -0.25) is 10.9 Å². The van der Waals surface area contributed by atoms with Crippen molar-refractivity contribution in [1.29, 1.82) is 0 Å². The Balaban J connectivity index is 2.17. The van der Waals surface area contributed by atoms with Crippen LogP contribution in [0.5, 0.6) is 0 Å². The summed E-state index contributed by atoms with van der Waals surface area (Å²) in [5.41, 5.74) is 13.4. The number of nitrogens with one attached hydrogen (secondary N) is 2. The van der Waals surface area contributed by atoms with Crippen LogP contribution in [0.4, 0.5) is 5.69 Å². The van der Waals surface area contributed by atoms with Gasteiger partial charge in [-0.15, -0.1) is 12.6 Å². The van der Waals surface area contributed by atoms with Gasteiger partial charge in [-0.2, -0.15) is 0 Å². The number of benzene rings is 1. The van der Waals surface area contributed by atoms with Gasteiger partial charge >= 0.3 is 0 Å². The van der Waals surface area contributed by atoms with Gasteiger partial charge in [0.25, 0.3) is 0 Å². The summed E-state index contributed by atoms with van der Waals surface area (Å²) in [7, 11) is 1.89. The summed E-state index contributed by atoms with van der Waals surface area (Å²) in [6.45, 7) is 1.02. The smallest absolute Gasteiger partial charge is 0.0337 e. The molecule has 0 radical (unpaired) electrons. The number of nitrogens with two attached hydrogens (primary N) is 1. The van der Waals surface area contributed by atoms with Crippen molar-refractivity contribution in [3.05, 3.63) is 23.8 Å². The SMILES string of the molecule is CNNCCCCCCC#Cc1cc(N)cc(S)c1. The van der Waals surface area contributed by atoms with Crippen molar-refractivity contribution in [3.63, 3.8) is 0 Å². The van der Waals surface area contributed by atoms with Gasteiger partial charge < -0.3 is 5.73 Å². The summed E-state index contributed by atoms with van der Waals surface area (Å²) in [6.07, 6.45) is 5.77. The number of hydrogen-bond acceptors (Lipinski definition) is 4. The molecule has 0 aliphatic rings. The Bertz CT molecular complexity index is 415. The maximum absolute atomic E-state index is 5.74. The van der Waals surface area contributed by atoms with E-state index in [1.807, 2.05) is 25.2 Å². The lowest BCUT2D eigenvalue weighted by atomic mass is 10.1.